The third-order valence-electron chi connectivity index (χ3n) is 4.14. The topological polar surface area (TPSA) is 37.4 Å². The van der Waals surface area contributed by atoms with Gasteiger partial charge in [0.1, 0.15) is 0 Å². The summed E-state index contributed by atoms with van der Waals surface area (Å²) in [4.78, 5) is 26.5. The van der Waals surface area contributed by atoms with E-state index in [2.05, 4.69) is 13.0 Å². The molecule has 0 saturated heterocycles. The van der Waals surface area contributed by atoms with Crippen LogP contribution in [0, 0.1) is 0 Å². The standard InChI is InChI=1S/C19H19NO2/c1-14-13-16-9-5-6-10-17(16)20(14)19(22)12-11-18(21)15-7-3-2-4-8-15/h2-10,14H,11-13H2,1H3/t14-/m0/s1. The molecular weight excluding hydrogens is 274 g/mol. The van der Waals surface area contributed by atoms with Crippen LogP contribution >= 0.6 is 0 Å². The second-order valence-electron chi connectivity index (χ2n) is 5.73. The lowest BCUT2D eigenvalue weighted by Gasteiger charge is -2.22. The Morgan fingerprint density at radius 1 is 1.00 bits per heavy atom. The van der Waals surface area contributed by atoms with Crippen LogP contribution in [-0.4, -0.2) is 17.7 Å². The zero-order valence-corrected chi connectivity index (χ0v) is 12.7. The highest BCUT2D eigenvalue weighted by Crippen LogP contribution is 2.32. The van der Waals surface area contributed by atoms with Crippen LogP contribution < -0.4 is 4.90 Å². The maximum atomic E-state index is 12.5. The molecule has 3 nitrogen and oxygen atoms in total. The van der Waals surface area contributed by atoms with Gasteiger partial charge in [-0.25, -0.2) is 0 Å². The van der Waals surface area contributed by atoms with Crippen LogP contribution in [0.1, 0.15) is 35.7 Å². The summed E-state index contributed by atoms with van der Waals surface area (Å²) >= 11 is 0. The fourth-order valence-corrected chi connectivity index (χ4v) is 3.05. The maximum Gasteiger partial charge on any atom is 0.227 e. The van der Waals surface area contributed by atoms with E-state index in [0.29, 0.717) is 5.56 Å². The van der Waals surface area contributed by atoms with Gasteiger partial charge in [0.25, 0.3) is 0 Å². The summed E-state index contributed by atoms with van der Waals surface area (Å²) in [7, 11) is 0. The van der Waals surface area contributed by atoms with Gasteiger partial charge in [-0.3, -0.25) is 9.59 Å². The van der Waals surface area contributed by atoms with E-state index in [-0.39, 0.29) is 30.6 Å². The van der Waals surface area contributed by atoms with Crippen LogP contribution in [0.4, 0.5) is 5.69 Å². The highest BCUT2D eigenvalue weighted by Gasteiger charge is 2.30. The molecule has 2 aromatic rings. The van der Waals surface area contributed by atoms with E-state index in [4.69, 9.17) is 0 Å². The first-order chi connectivity index (χ1) is 10.7. The lowest BCUT2D eigenvalue weighted by atomic mass is 10.1. The van der Waals surface area contributed by atoms with E-state index in [1.165, 1.54) is 5.56 Å². The first-order valence-corrected chi connectivity index (χ1v) is 7.65. The molecule has 0 spiro atoms. The molecule has 1 aliphatic heterocycles. The molecule has 1 amide bonds. The molecule has 112 valence electrons. The van der Waals surface area contributed by atoms with Gasteiger partial charge in [-0.05, 0) is 25.0 Å². The SMILES string of the molecule is C[C@H]1Cc2ccccc2N1C(=O)CCC(=O)c1ccccc1. The predicted octanol–water partition coefficient (Wildman–Crippen LogP) is 3.63. The van der Waals surface area contributed by atoms with E-state index in [9.17, 15) is 9.59 Å². The van der Waals surface area contributed by atoms with Crippen LogP contribution in [0.3, 0.4) is 0 Å². The molecule has 3 rings (SSSR count). The van der Waals surface area contributed by atoms with Crippen molar-refractivity contribution in [1.82, 2.24) is 0 Å². The number of para-hydroxylation sites is 1. The van der Waals surface area contributed by atoms with E-state index < -0.39 is 0 Å². The first-order valence-electron chi connectivity index (χ1n) is 7.65. The minimum atomic E-state index is 0.0223. The van der Waals surface area contributed by atoms with Gasteiger partial charge in [-0.2, -0.15) is 0 Å². The van der Waals surface area contributed by atoms with Crippen LogP contribution in [0.2, 0.25) is 0 Å². The minimum Gasteiger partial charge on any atom is -0.309 e. The number of nitrogens with zero attached hydrogens (tertiary/aromatic N) is 1. The summed E-state index contributed by atoms with van der Waals surface area (Å²) < 4.78 is 0. The molecule has 22 heavy (non-hydrogen) atoms. The number of benzene rings is 2. The number of carbonyl (C=O) groups is 2. The molecule has 2 aromatic carbocycles. The summed E-state index contributed by atoms with van der Waals surface area (Å²) in [5.74, 6) is 0.0517. The second kappa shape index (κ2) is 6.14. The van der Waals surface area contributed by atoms with Gasteiger partial charge in [-0.15, -0.1) is 0 Å². The van der Waals surface area contributed by atoms with Gasteiger partial charge in [0.05, 0.1) is 0 Å². The third-order valence-corrected chi connectivity index (χ3v) is 4.14. The molecule has 0 saturated carbocycles. The van der Waals surface area contributed by atoms with Gasteiger partial charge < -0.3 is 4.90 Å². The zero-order chi connectivity index (χ0) is 15.5. The van der Waals surface area contributed by atoms with Gasteiger partial charge in [0.2, 0.25) is 5.91 Å². The Hall–Kier alpha value is -2.42. The van der Waals surface area contributed by atoms with Crippen LogP contribution in [0.5, 0.6) is 0 Å². The Morgan fingerprint density at radius 3 is 2.45 bits per heavy atom. The summed E-state index contributed by atoms with van der Waals surface area (Å²) in [5, 5.41) is 0. The Bertz CT molecular complexity index is 694. The molecule has 0 fully saturated rings. The Kier molecular flexibility index (Phi) is 4.05. The van der Waals surface area contributed by atoms with E-state index in [0.717, 1.165) is 12.1 Å². The lowest BCUT2D eigenvalue weighted by Crippen LogP contribution is -2.35. The molecular formula is C19H19NO2. The van der Waals surface area contributed by atoms with Crippen molar-refractivity contribution in [3.05, 3.63) is 65.7 Å². The average Bonchev–Trinajstić information content (AvgIpc) is 2.89. The highest BCUT2D eigenvalue weighted by molar-refractivity contribution is 6.01. The van der Waals surface area contributed by atoms with Crippen LogP contribution in [-0.2, 0) is 11.2 Å². The van der Waals surface area contributed by atoms with E-state index >= 15 is 0 Å². The van der Waals surface area contributed by atoms with Crippen molar-refractivity contribution >= 4 is 17.4 Å². The molecule has 1 aliphatic rings. The highest BCUT2D eigenvalue weighted by atomic mass is 16.2. The van der Waals surface area contributed by atoms with Crippen molar-refractivity contribution in [1.29, 1.82) is 0 Å². The molecule has 3 heteroatoms. The quantitative estimate of drug-likeness (QED) is 0.807. The van der Waals surface area contributed by atoms with Crippen molar-refractivity contribution in [3.8, 4) is 0 Å². The fraction of sp³-hybridized carbons (Fsp3) is 0.263. The fourth-order valence-electron chi connectivity index (χ4n) is 3.05. The second-order valence-corrected chi connectivity index (χ2v) is 5.73. The summed E-state index contributed by atoms with van der Waals surface area (Å²) in [6.07, 6.45) is 1.40. The number of ketones is 1. The third kappa shape index (κ3) is 2.80. The first kappa shape index (κ1) is 14.5. The number of carbonyl (C=O) groups excluding carboxylic acids is 2. The summed E-state index contributed by atoms with van der Waals surface area (Å²) in [6, 6.07) is 17.3. The monoisotopic (exact) mass is 293 g/mol. The normalized spacial score (nSPS) is 16.4. The molecule has 0 aliphatic carbocycles. The Morgan fingerprint density at radius 2 is 1.68 bits per heavy atom. The number of hydrogen-bond acceptors (Lipinski definition) is 2. The number of fused-ring (bicyclic) bond motifs is 1. The average molecular weight is 293 g/mol. The number of rotatable bonds is 4. The molecule has 0 N–H and O–H groups in total. The largest absolute Gasteiger partial charge is 0.309 e. The molecule has 1 atom stereocenters. The number of Topliss-reactive ketones (excluding diaryl/α,β-unsaturated/α-hetero) is 1. The minimum absolute atomic E-state index is 0.0223. The smallest absolute Gasteiger partial charge is 0.227 e. The van der Waals surface area contributed by atoms with E-state index in [1.807, 2.05) is 41.3 Å². The number of anilines is 1. The van der Waals surface area contributed by atoms with Crippen molar-refractivity contribution in [2.75, 3.05) is 4.90 Å². The lowest BCUT2D eigenvalue weighted by molar-refractivity contribution is -0.118. The Balaban J connectivity index is 1.67. The molecule has 0 aromatic heterocycles. The van der Waals surface area contributed by atoms with Crippen molar-refractivity contribution < 1.29 is 9.59 Å². The molecule has 0 bridgehead atoms. The van der Waals surface area contributed by atoms with Crippen LogP contribution in [0.15, 0.2) is 54.6 Å². The van der Waals surface area contributed by atoms with Gasteiger partial charge in [0, 0.05) is 30.1 Å². The number of hydrogen-bond donors (Lipinski definition) is 0. The number of amides is 1. The van der Waals surface area contributed by atoms with Crippen molar-refractivity contribution in [2.45, 2.75) is 32.2 Å². The summed E-state index contributed by atoms with van der Waals surface area (Å²) in [5.41, 5.74) is 2.87. The predicted molar refractivity (Wildman–Crippen MR) is 87.1 cm³/mol. The van der Waals surface area contributed by atoms with Gasteiger partial charge in [-0.1, -0.05) is 48.5 Å². The van der Waals surface area contributed by atoms with Crippen LogP contribution in [0.25, 0.3) is 0 Å². The Labute approximate surface area is 130 Å². The molecule has 1 heterocycles. The molecule has 0 radical (unpaired) electrons. The maximum absolute atomic E-state index is 12.5. The van der Waals surface area contributed by atoms with Gasteiger partial charge >= 0.3 is 0 Å². The van der Waals surface area contributed by atoms with E-state index in [1.54, 1.807) is 12.1 Å². The van der Waals surface area contributed by atoms with Gasteiger partial charge in [0.15, 0.2) is 5.78 Å². The van der Waals surface area contributed by atoms with Crippen molar-refractivity contribution in [2.24, 2.45) is 0 Å². The zero-order valence-electron chi connectivity index (χ0n) is 12.7. The summed E-state index contributed by atoms with van der Waals surface area (Å²) in [6.45, 7) is 2.05. The molecule has 0 unspecified atom stereocenters. The van der Waals surface area contributed by atoms with Crippen molar-refractivity contribution in [3.63, 3.8) is 0 Å².